The number of benzene rings is 1. The van der Waals surface area contributed by atoms with Crippen LogP contribution in [0.25, 0.3) is 0 Å². The molecule has 1 heterocycles. The molecule has 2 aromatic rings. The van der Waals surface area contributed by atoms with Crippen LogP contribution < -0.4 is 16.2 Å². The van der Waals surface area contributed by atoms with Gasteiger partial charge in [-0.25, -0.2) is 10.2 Å². The van der Waals surface area contributed by atoms with Crippen molar-refractivity contribution in [3.63, 3.8) is 0 Å². The molecule has 1 aromatic carbocycles. The molecule has 0 fully saturated rings. The van der Waals surface area contributed by atoms with Gasteiger partial charge in [-0.3, -0.25) is 10.2 Å². The van der Waals surface area contributed by atoms with Crippen LogP contribution in [-0.2, 0) is 0 Å². The molecular weight excluding hydrogens is 321 g/mol. The Morgan fingerprint density at radius 2 is 1.85 bits per heavy atom. The average molecular weight is 330 g/mol. The quantitative estimate of drug-likeness (QED) is 0.738. The van der Waals surface area contributed by atoms with Crippen molar-refractivity contribution in [3.8, 4) is 0 Å². The van der Waals surface area contributed by atoms with Crippen LogP contribution in [0, 0.1) is 0 Å². The highest BCUT2D eigenvalue weighted by Crippen LogP contribution is 2.24. The number of carbonyl (C=O) groups is 2. The summed E-state index contributed by atoms with van der Waals surface area (Å²) in [6, 6.07) is 7.46. The number of hydrogen-bond acceptors (Lipinski definition) is 3. The van der Waals surface area contributed by atoms with E-state index >= 15 is 0 Å². The monoisotopic (exact) mass is 329 g/mol. The standard InChI is InChI=1S/C12H9Cl2N3O2S/c13-8-4-3-7(6-9(8)14)15-12(19)17-16-11(18)10-2-1-5-20-10/h1-6H,(H,16,18)(H2,15,17,19). The molecule has 20 heavy (non-hydrogen) atoms. The Balaban J connectivity index is 1.86. The normalized spacial score (nSPS) is 9.90. The first-order valence-electron chi connectivity index (χ1n) is 5.42. The third-order valence-electron chi connectivity index (χ3n) is 2.21. The fraction of sp³-hybridized carbons (Fsp3) is 0. The summed E-state index contributed by atoms with van der Waals surface area (Å²) in [6.07, 6.45) is 0. The van der Waals surface area contributed by atoms with Crippen LogP contribution in [0.3, 0.4) is 0 Å². The second-order valence-electron chi connectivity index (χ2n) is 3.64. The lowest BCUT2D eigenvalue weighted by atomic mass is 10.3. The van der Waals surface area contributed by atoms with Crippen molar-refractivity contribution in [2.45, 2.75) is 0 Å². The minimum absolute atomic E-state index is 0.326. The molecule has 3 amide bonds. The largest absolute Gasteiger partial charge is 0.337 e. The van der Waals surface area contributed by atoms with Gasteiger partial charge in [-0.15, -0.1) is 11.3 Å². The molecule has 1 aromatic heterocycles. The van der Waals surface area contributed by atoms with Crippen molar-refractivity contribution >= 4 is 52.2 Å². The zero-order valence-corrected chi connectivity index (χ0v) is 12.3. The number of amides is 3. The Bertz CT molecular complexity index is 632. The van der Waals surface area contributed by atoms with E-state index in [4.69, 9.17) is 23.2 Å². The van der Waals surface area contributed by atoms with Crippen molar-refractivity contribution < 1.29 is 9.59 Å². The van der Waals surface area contributed by atoms with Gasteiger partial charge in [-0.1, -0.05) is 29.3 Å². The number of anilines is 1. The van der Waals surface area contributed by atoms with Crippen LogP contribution in [0.5, 0.6) is 0 Å². The van der Waals surface area contributed by atoms with E-state index in [1.807, 2.05) is 0 Å². The minimum atomic E-state index is -0.590. The van der Waals surface area contributed by atoms with Gasteiger partial charge < -0.3 is 5.32 Å². The zero-order valence-electron chi connectivity index (χ0n) is 9.94. The second-order valence-corrected chi connectivity index (χ2v) is 5.40. The molecule has 0 unspecified atom stereocenters. The SMILES string of the molecule is O=C(NNC(=O)c1cccs1)Nc1ccc(Cl)c(Cl)c1. The smallest absolute Gasteiger partial charge is 0.307 e. The number of hydrazine groups is 1. The summed E-state index contributed by atoms with van der Waals surface area (Å²) in [5.74, 6) is -0.385. The predicted octanol–water partition coefficient (Wildman–Crippen LogP) is 3.52. The van der Waals surface area contributed by atoms with Gasteiger partial charge in [-0.2, -0.15) is 0 Å². The first-order chi connectivity index (χ1) is 9.56. The zero-order chi connectivity index (χ0) is 14.5. The van der Waals surface area contributed by atoms with Crippen LogP contribution >= 0.6 is 34.5 Å². The fourth-order valence-electron chi connectivity index (χ4n) is 1.32. The molecule has 0 spiro atoms. The Hall–Kier alpha value is -1.76. The van der Waals surface area contributed by atoms with E-state index in [9.17, 15) is 9.59 Å². The molecule has 0 bridgehead atoms. The highest BCUT2D eigenvalue weighted by Gasteiger charge is 2.08. The van der Waals surface area contributed by atoms with Gasteiger partial charge in [0.15, 0.2) is 0 Å². The van der Waals surface area contributed by atoms with Gasteiger partial charge in [0.05, 0.1) is 14.9 Å². The molecule has 0 aliphatic rings. The Morgan fingerprint density at radius 1 is 1.05 bits per heavy atom. The lowest BCUT2D eigenvalue weighted by molar-refractivity contribution is 0.0942. The number of nitrogens with one attached hydrogen (secondary N) is 3. The summed E-state index contributed by atoms with van der Waals surface area (Å²) in [6.45, 7) is 0. The lowest BCUT2D eigenvalue weighted by Crippen LogP contribution is -2.43. The third kappa shape index (κ3) is 3.86. The molecule has 0 aliphatic heterocycles. The molecule has 0 saturated heterocycles. The van der Waals surface area contributed by atoms with Gasteiger partial charge >= 0.3 is 6.03 Å². The minimum Gasteiger partial charge on any atom is -0.307 e. The van der Waals surface area contributed by atoms with E-state index in [1.165, 1.54) is 17.4 Å². The van der Waals surface area contributed by atoms with Gasteiger partial charge in [-0.05, 0) is 29.6 Å². The maximum absolute atomic E-state index is 11.6. The van der Waals surface area contributed by atoms with Crippen LogP contribution in [0.15, 0.2) is 35.7 Å². The van der Waals surface area contributed by atoms with E-state index in [2.05, 4.69) is 16.2 Å². The highest BCUT2D eigenvalue weighted by atomic mass is 35.5. The number of hydrogen-bond donors (Lipinski definition) is 3. The molecule has 104 valence electrons. The van der Waals surface area contributed by atoms with Gasteiger partial charge in [0.1, 0.15) is 0 Å². The molecule has 0 atom stereocenters. The van der Waals surface area contributed by atoms with Crippen molar-refractivity contribution in [2.75, 3.05) is 5.32 Å². The molecule has 5 nitrogen and oxygen atoms in total. The van der Waals surface area contributed by atoms with Gasteiger partial charge in [0, 0.05) is 5.69 Å². The van der Waals surface area contributed by atoms with E-state index < -0.39 is 6.03 Å². The van der Waals surface area contributed by atoms with Crippen LogP contribution in [0.2, 0.25) is 10.0 Å². The van der Waals surface area contributed by atoms with E-state index in [0.717, 1.165) is 0 Å². The van der Waals surface area contributed by atoms with Crippen molar-refractivity contribution in [3.05, 3.63) is 50.6 Å². The Kier molecular flexibility index (Phi) is 4.84. The van der Waals surface area contributed by atoms with Crippen molar-refractivity contribution in [1.82, 2.24) is 10.9 Å². The summed E-state index contributed by atoms with van der Waals surface area (Å²) in [4.78, 5) is 23.7. The molecule has 3 N–H and O–H groups in total. The third-order valence-corrected chi connectivity index (χ3v) is 3.82. The molecule has 0 radical (unpaired) electrons. The van der Waals surface area contributed by atoms with Gasteiger partial charge in [0.25, 0.3) is 5.91 Å². The Labute approximate surface area is 128 Å². The molecule has 0 saturated carbocycles. The summed E-state index contributed by atoms with van der Waals surface area (Å²) >= 11 is 12.9. The number of urea groups is 1. The van der Waals surface area contributed by atoms with Crippen molar-refractivity contribution in [1.29, 1.82) is 0 Å². The predicted molar refractivity (Wildman–Crippen MR) is 80.4 cm³/mol. The maximum Gasteiger partial charge on any atom is 0.337 e. The summed E-state index contributed by atoms with van der Waals surface area (Å²) in [5, 5.41) is 4.99. The van der Waals surface area contributed by atoms with E-state index in [0.29, 0.717) is 20.6 Å². The average Bonchev–Trinajstić information content (AvgIpc) is 2.94. The second kappa shape index (κ2) is 6.60. The van der Waals surface area contributed by atoms with Gasteiger partial charge in [0.2, 0.25) is 0 Å². The molecule has 8 heteroatoms. The lowest BCUT2D eigenvalue weighted by Gasteiger charge is -2.08. The first-order valence-corrected chi connectivity index (χ1v) is 7.05. The number of thiophene rings is 1. The fourth-order valence-corrected chi connectivity index (χ4v) is 2.24. The van der Waals surface area contributed by atoms with Crippen LogP contribution in [0.4, 0.5) is 10.5 Å². The number of halogens is 2. The van der Waals surface area contributed by atoms with E-state index in [1.54, 1.807) is 29.6 Å². The van der Waals surface area contributed by atoms with Crippen LogP contribution in [0.1, 0.15) is 9.67 Å². The van der Waals surface area contributed by atoms with E-state index in [-0.39, 0.29) is 5.91 Å². The highest BCUT2D eigenvalue weighted by molar-refractivity contribution is 7.12. The summed E-state index contributed by atoms with van der Waals surface area (Å²) in [7, 11) is 0. The number of rotatable bonds is 2. The first kappa shape index (κ1) is 14.6. The molecule has 2 rings (SSSR count). The summed E-state index contributed by atoms with van der Waals surface area (Å²) < 4.78 is 0. The number of carbonyl (C=O) groups excluding carboxylic acids is 2. The van der Waals surface area contributed by atoms with Crippen molar-refractivity contribution in [2.24, 2.45) is 0 Å². The Morgan fingerprint density at radius 3 is 2.50 bits per heavy atom. The maximum atomic E-state index is 11.6. The molecule has 0 aliphatic carbocycles. The molecular formula is C12H9Cl2N3O2S. The summed E-state index contributed by atoms with van der Waals surface area (Å²) in [5.41, 5.74) is 4.98. The topological polar surface area (TPSA) is 70.2 Å². The van der Waals surface area contributed by atoms with Crippen LogP contribution in [-0.4, -0.2) is 11.9 Å².